The zero-order valence-corrected chi connectivity index (χ0v) is 18.0. The molecular formula is C23H19Cl2NO5. The lowest BCUT2D eigenvalue weighted by Crippen LogP contribution is -2.38. The molecule has 6 nitrogen and oxygen atoms in total. The highest BCUT2D eigenvalue weighted by molar-refractivity contribution is 6.36. The second-order valence-corrected chi connectivity index (χ2v) is 8.31. The van der Waals surface area contributed by atoms with Gasteiger partial charge < -0.3 is 14.5 Å². The van der Waals surface area contributed by atoms with Gasteiger partial charge in [-0.1, -0.05) is 42.5 Å². The van der Waals surface area contributed by atoms with Gasteiger partial charge in [-0.2, -0.15) is 0 Å². The molecule has 0 bridgehead atoms. The maximum Gasteiger partial charge on any atom is 0.349 e. The van der Waals surface area contributed by atoms with Gasteiger partial charge in [0.05, 0.1) is 10.6 Å². The van der Waals surface area contributed by atoms with Crippen LogP contribution in [0.5, 0.6) is 5.75 Å². The molecule has 0 atom stereocenters. The van der Waals surface area contributed by atoms with Crippen LogP contribution in [0.3, 0.4) is 0 Å². The van der Waals surface area contributed by atoms with Crippen molar-refractivity contribution in [2.75, 3.05) is 0 Å². The predicted octanol–water partition coefficient (Wildman–Crippen LogP) is 5.38. The van der Waals surface area contributed by atoms with E-state index in [1.165, 1.54) is 36.8 Å². The van der Waals surface area contributed by atoms with Gasteiger partial charge in [-0.25, -0.2) is 9.59 Å². The Kier molecular flexibility index (Phi) is 6.30. The molecule has 4 rings (SSSR count). The summed E-state index contributed by atoms with van der Waals surface area (Å²) in [5, 5.41) is 4.02. The van der Waals surface area contributed by atoms with Crippen molar-refractivity contribution in [1.82, 2.24) is 5.32 Å². The largest absolute Gasteiger partial charge is 0.423 e. The fourth-order valence-electron chi connectivity index (χ4n) is 3.64. The van der Waals surface area contributed by atoms with Gasteiger partial charge in [0.25, 0.3) is 5.91 Å². The lowest BCUT2D eigenvalue weighted by molar-refractivity contribution is 0.0735. The number of nitrogens with one attached hydrogen (secondary N) is 1. The third-order valence-electron chi connectivity index (χ3n) is 5.25. The number of carbonyl (C=O) groups is 2. The van der Waals surface area contributed by atoms with E-state index in [1.54, 1.807) is 12.1 Å². The Labute approximate surface area is 188 Å². The van der Waals surface area contributed by atoms with E-state index in [4.69, 9.17) is 32.4 Å². The summed E-state index contributed by atoms with van der Waals surface area (Å²) in [5.74, 6) is -0.937. The molecule has 1 N–H and O–H groups in total. The molecule has 1 fully saturated rings. The topological polar surface area (TPSA) is 85.6 Å². The number of hydrogen-bond acceptors (Lipinski definition) is 5. The Morgan fingerprint density at radius 3 is 2.48 bits per heavy atom. The summed E-state index contributed by atoms with van der Waals surface area (Å²) in [5.41, 5.74) is -0.435. The molecule has 1 aliphatic carbocycles. The maximum atomic E-state index is 12.5. The van der Waals surface area contributed by atoms with Crippen molar-refractivity contribution in [3.05, 3.63) is 74.1 Å². The van der Waals surface area contributed by atoms with Crippen LogP contribution in [0.1, 0.15) is 52.8 Å². The summed E-state index contributed by atoms with van der Waals surface area (Å²) >= 11 is 11.9. The van der Waals surface area contributed by atoms with Crippen molar-refractivity contribution >= 4 is 46.0 Å². The van der Waals surface area contributed by atoms with Crippen molar-refractivity contribution in [1.29, 1.82) is 0 Å². The van der Waals surface area contributed by atoms with Crippen molar-refractivity contribution < 1.29 is 18.7 Å². The molecule has 1 saturated carbocycles. The van der Waals surface area contributed by atoms with Gasteiger partial charge in [-0.3, -0.25) is 4.79 Å². The summed E-state index contributed by atoms with van der Waals surface area (Å²) in [6.07, 6.45) is 5.13. The Hall–Kier alpha value is -2.83. The van der Waals surface area contributed by atoms with E-state index < -0.39 is 17.5 Å². The number of esters is 1. The number of hydrogen-bond donors (Lipinski definition) is 1. The zero-order valence-electron chi connectivity index (χ0n) is 16.5. The summed E-state index contributed by atoms with van der Waals surface area (Å²) in [4.78, 5) is 37.3. The first-order valence-electron chi connectivity index (χ1n) is 9.97. The van der Waals surface area contributed by atoms with Gasteiger partial charge >= 0.3 is 11.6 Å². The zero-order chi connectivity index (χ0) is 22.0. The maximum absolute atomic E-state index is 12.5. The minimum atomic E-state index is -0.745. The van der Waals surface area contributed by atoms with Crippen LogP contribution in [0.4, 0.5) is 0 Å². The molecule has 1 aromatic heterocycles. The van der Waals surface area contributed by atoms with E-state index in [0.29, 0.717) is 10.4 Å². The van der Waals surface area contributed by atoms with Crippen LogP contribution in [-0.4, -0.2) is 17.9 Å². The summed E-state index contributed by atoms with van der Waals surface area (Å²) in [6.45, 7) is 0. The number of benzene rings is 2. The third-order valence-corrected chi connectivity index (χ3v) is 5.80. The molecule has 0 aliphatic heterocycles. The molecule has 1 amide bonds. The molecule has 0 spiro atoms. The van der Waals surface area contributed by atoms with Gasteiger partial charge in [0, 0.05) is 22.5 Å². The van der Waals surface area contributed by atoms with Gasteiger partial charge in [-0.05, 0) is 49.2 Å². The summed E-state index contributed by atoms with van der Waals surface area (Å²) in [6, 6.07) is 10.6. The minimum Gasteiger partial charge on any atom is -0.423 e. The molecule has 2 aromatic carbocycles. The Morgan fingerprint density at radius 1 is 0.968 bits per heavy atom. The molecular weight excluding hydrogens is 441 g/mol. The Balaban J connectivity index is 1.54. The molecule has 31 heavy (non-hydrogen) atoms. The molecule has 3 aromatic rings. The molecule has 160 valence electrons. The first kappa shape index (κ1) is 21.4. The number of rotatable bonds is 4. The summed E-state index contributed by atoms with van der Waals surface area (Å²) < 4.78 is 10.7. The van der Waals surface area contributed by atoms with E-state index in [-0.39, 0.29) is 33.5 Å². The fourth-order valence-corrected chi connectivity index (χ4v) is 4.13. The standard InChI is InChI=1S/C23H19Cl2NO5/c24-14-7-9-17(19(25)11-14)22(28)30-16-8-6-13-10-18(23(29)31-20(13)12-16)21(27)26-15-4-2-1-3-5-15/h6-12,15H,1-5H2,(H,26,27). The van der Waals surface area contributed by atoms with Gasteiger partial charge in [0.2, 0.25) is 0 Å². The predicted molar refractivity (Wildman–Crippen MR) is 118 cm³/mol. The summed E-state index contributed by atoms with van der Waals surface area (Å²) in [7, 11) is 0. The number of amides is 1. The van der Waals surface area contributed by atoms with E-state index in [1.807, 2.05) is 0 Å². The highest BCUT2D eigenvalue weighted by Crippen LogP contribution is 2.25. The minimum absolute atomic E-state index is 0.0456. The third kappa shape index (κ3) is 4.92. The first-order valence-corrected chi connectivity index (χ1v) is 10.7. The molecule has 1 aliphatic rings. The average molecular weight is 460 g/mol. The average Bonchev–Trinajstić information content (AvgIpc) is 2.73. The van der Waals surface area contributed by atoms with Crippen molar-refractivity contribution in [3.63, 3.8) is 0 Å². The van der Waals surface area contributed by atoms with E-state index in [2.05, 4.69) is 5.32 Å². The second kappa shape index (κ2) is 9.12. The Bertz CT molecular complexity index is 1210. The highest BCUT2D eigenvalue weighted by Gasteiger charge is 2.20. The van der Waals surface area contributed by atoms with Crippen LogP contribution in [0.15, 0.2) is 51.7 Å². The van der Waals surface area contributed by atoms with Crippen LogP contribution in [0, 0.1) is 0 Å². The van der Waals surface area contributed by atoms with Crippen LogP contribution in [-0.2, 0) is 0 Å². The Morgan fingerprint density at radius 2 is 1.74 bits per heavy atom. The van der Waals surface area contributed by atoms with Crippen molar-refractivity contribution in [3.8, 4) is 5.75 Å². The monoisotopic (exact) mass is 459 g/mol. The molecule has 0 radical (unpaired) electrons. The second-order valence-electron chi connectivity index (χ2n) is 7.47. The SMILES string of the molecule is O=C(Oc1ccc2cc(C(=O)NC3CCCCC3)c(=O)oc2c1)c1ccc(Cl)cc1Cl. The number of carbonyl (C=O) groups excluding carboxylic acids is 2. The number of halogens is 2. The molecule has 8 heteroatoms. The number of ether oxygens (including phenoxy) is 1. The smallest absolute Gasteiger partial charge is 0.349 e. The van der Waals surface area contributed by atoms with Crippen LogP contribution in [0.25, 0.3) is 11.0 Å². The van der Waals surface area contributed by atoms with Crippen molar-refractivity contribution in [2.45, 2.75) is 38.1 Å². The van der Waals surface area contributed by atoms with Gasteiger partial charge in [0.1, 0.15) is 16.9 Å². The van der Waals surface area contributed by atoms with Crippen LogP contribution in [0.2, 0.25) is 10.0 Å². The quantitative estimate of drug-likeness (QED) is 0.321. The lowest BCUT2D eigenvalue weighted by Gasteiger charge is -2.22. The lowest BCUT2D eigenvalue weighted by atomic mass is 9.95. The first-order chi connectivity index (χ1) is 14.9. The fraction of sp³-hybridized carbons (Fsp3) is 0.261. The molecule has 0 unspecified atom stereocenters. The van der Waals surface area contributed by atoms with Gasteiger partial charge in [0.15, 0.2) is 0 Å². The molecule has 0 saturated heterocycles. The van der Waals surface area contributed by atoms with Crippen LogP contribution < -0.4 is 15.7 Å². The van der Waals surface area contributed by atoms with Crippen molar-refractivity contribution in [2.24, 2.45) is 0 Å². The van der Waals surface area contributed by atoms with E-state index in [9.17, 15) is 14.4 Å². The van der Waals surface area contributed by atoms with E-state index >= 15 is 0 Å². The highest BCUT2D eigenvalue weighted by atomic mass is 35.5. The van der Waals surface area contributed by atoms with Gasteiger partial charge in [-0.15, -0.1) is 0 Å². The number of fused-ring (bicyclic) bond motifs is 1. The van der Waals surface area contributed by atoms with E-state index in [0.717, 1.165) is 25.7 Å². The molecule has 1 heterocycles. The van der Waals surface area contributed by atoms with Crippen LogP contribution >= 0.6 is 23.2 Å². The normalized spacial score (nSPS) is 14.4.